The molecule has 1 aliphatic carbocycles. The Morgan fingerprint density at radius 3 is 2.68 bits per heavy atom. The van der Waals surface area contributed by atoms with Crippen LogP contribution in [0.5, 0.6) is 0 Å². The third kappa shape index (κ3) is 4.58. The Hall–Kier alpha value is -3.17. The van der Waals surface area contributed by atoms with Gasteiger partial charge in [0.25, 0.3) is 0 Å². The summed E-state index contributed by atoms with van der Waals surface area (Å²) in [7, 11) is 0. The van der Waals surface area contributed by atoms with E-state index in [1.807, 2.05) is 12.1 Å². The Bertz CT molecular complexity index is 1200. The van der Waals surface area contributed by atoms with Gasteiger partial charge in [-0.3, -0.25) is 4.79 Å². The second-order valence-electron chi connectivity index (χ2n) is 9.17. The molecule has 2 aliphatic rings. The number of aliphatic hydroxyl groups is 1. The van der Waals surface area contributed by atoms with Crippen molar-refractivity contribution in [3.05, 3.63) is 48.2 Å². The molecule has 8 nitrogen and oxygen atoms in total. The van der Waals surface area contributed by atoms with Crippen molar-refractivity contribution in [2.75, 3.05) is 36.5 Å². The van der Waals surface area contributed by atoms with E-state index in [-0.39, 0.29) is 17.4 Å². The number of pyridine rings is 3. The van der Waals surface area contributed by atoms with Crippen LogP contribution in [0.25, 0.3) is 10.9 Å². The number of hydrogen-bond acceptors (Lipinski definition) is 8. The third-order valence-electron chi connectivity index (χ3n) is 6.87. The Kier molecular flexibility index (Phi) is 6.14. The van der Waals surface area contributed by atoms with Gasteiger partial charge in [-0.05, 0) is 37.8 Å². The van der Waals surface area contributed by atoms with E-state index in [9.17, 15) is 14.3 Å². The van der Waals surface area contributed by atoms with Gasteiger partial charge in [-0.25, -0.2) is 19.3 Å². The Morgan fingerprint density at radius 2 is 1.91 bits per heavy atom. The van der Waals surface area contributed by atoms with Crippen molar-refractivity contribution in [3.63, 3.8) is 0 Å². The highest BCUT2D eigenvalue weighted by Crippen LogP contribution is 2.38. The van der Waals surface area contributed by atoms with E-state index in [0.29, 0.717) is 74.8 Å². The number of ether oxygens (including phenoxy) is 1. The number of hydrogen-bond donors (Lipinski definition) is 2. The van der Waals surface area contributed by atoms with E-state index in [2.05, 4.69) is 20.2 Å². The third-order valence-corrected chi connectivity index (χ3v) is 6.87. The molecule has 0 aromatic carbocycles. The van der Waals surface area contributed by atoms with Crippen molar-refractivity contribution in [2.24, 2.45) is 5.92 Å². The molecule has 1 saturated heterocycles. The maximum absolute atomic E-state index is 14.5. The minimum Gasteiger partial charge on any atom is -0.384 e. The molecular weight excluding hydrogens is 437 g/mol. The van der Waals surface area contributed by atoms with Gasteiger partial charge in [-0.2, -0.15) is 0 Å². The standard InChI is InChI=1S/C25H28FN5O3/c1-25(33,17-3-5-18(32)6-4-17)22-7-2-16-14-27-23(12-20(16)29-22)30-21-13-24(28-15-19(21)26)31-8-10-34-11-9-31/h2,7,12-15,17,33H,3-6,8-11H2,1H3,(H,27,28,30). The van der Waals surface area contributed by atoms with Crippen LogP contribution in [0.15, 0.2) is 36.7 Å². The summed E-state index contributed by atoms with van der Waals surface area (Å²) in [6, 6.07) is 7.10. The highest BCUT2D eigenvalue weighted by molar-refractivity contribution is 5.81. The highest BCUT2D eigenvalue weighted by atomic mass is 19.1. The number of rotatable bonds is 5. The molecule has 178 valence electrons. The first kappa shape index (κ1) is 22.6. The van der Waals surface area contributed by atoms with Gasteiger partial charge in [0.1, 0.15) is 23.0 Å². The lowest BCUT2D eigenvalue weighted by molar-refractivity contribution is -0.123. The van der Waals surface area contributed by atoms with Gasteiger partial charge in [0.2, 0.25) is 0 Å². The maximum Gasteiger partial charge on any atom is 0.165 e. The zero-order valence-corrected chi connectivity index (χ0v) is 19.1. The predicted molar refractivity (Wildman–Crippen MR) is 127 cm³/mol. The van der Waals surface area contributed by atoms with Crippen molar-refractivity contribution in [3.8, 4) is 0 Å². The molecule has 0 bridgehead atoms. The topological polar surface area (TPSA) is 100 Å². The fraction of sp³-hybridized carbons (Fsp3) is 0.440. The van der Waals surface area contributed by atoms with E-state index in [0.717, 1.165) is 5.39 Å². The molecule has 2 N–H and O–H groups in total. The molecule has 1 atom stereocenters. The van der Waals surface area contributed by atoms with Gasteiger partial charge >= 0.3 is 0 Å². The fourth-order valence-electron chi connectivity index (χ4n) is 4.70. The largest absolute Gasteiger partial charge is 0.384 e. The molecule has 0 radical (unpaired) electrons. The number of Topliss-reactive ketones (excluding diaryl/α,β-unsaturated/α-hetero) is 1. The molecule has 1 aliphatic heterocycles. The van der Waals surface area contributed by atoms with Crippen LogP contribution >= 0.6 is 0 Å². The number of ketones is 1. The quantitative estimate of drug-likeness (QED) is 0.588. The lowest BCUT2D eigenvalue weighted by atomic mass is 9.75. The first-order valence-corrected chi connectivity index (χ1v) is 11.7. The van der Waals surface area contributed by atoms with Crippen LogP contribution in [0.4, 0.5) is 21.7 Å². The molecule has 4 heterocycles. The number of aromatic nitrogens is 3. The molecule has 5 rings (SSSR count). The molecule has 2 fully saturated rings. The number of carbonyl (C=O) groups excluding carboxylic acids is 1. The van der Waals surface area contributed by atoms with Crippen molar-refractivity contribution >= 4 is 34.0 Å². The zero-order chi connectivity index (χ0) is 23.7. The first-order chi connectivity index (χ1) is 16.4. The van der Waals surface area contributed by atoms with E-state index in [1.54, 1.807) is 25.3 Å². The summed E-state index contributed by atoms with van der Waals surface area (Å²) in [4.78, 5) is 27.0. The molecular formula is C25H28FN5O3. The lowest BCUT2D eigenvalue weighted by Gasteiger charge is -2.34. The van der Waals surface area contributed by atoms with Crippen LogP contribution in [0.1, 0.15) is 38.3 Å². The summed E-state index contributed by atoms with van der Waals surface area (Å²) in [5.41, 5.74) is 0.334. The van der Waals surface area contributed by atoms with Gasteiger partial charge < -0.3 is 20.1 Å². The van der Waals surface area contributed by atoms with Crippen LogP contribution in [-0.2, 0) is 15.1 Å². The summed E-state index contributed by atoms with van der Waals surface area (Å²) < 4.78 is 19.9. The van der Waals surface area contributed by atoms with Gasteiger partial charge in [0.05, 0.1) is 36.3 Å². The monoisotopic (exact) mass is 465 g/mol. The molecule has 0 spiro atoms. The minimum atomic E-state index is -1.14. The number of halogens is 1. The number of morpholine rings is 1. The van der Waals surface area contributed by atoms with E-state index >= 15 is 0 Å². The number of anilines is 3. The van der Waals surface area contributed by atoms with E-state index < -0.39 is 11.4 Å². The van der Waals surface area contributed by atoms with Crippen LogP contribution in [0.3, 0.4) is 0 Å². The second kappa shape index (κ2) is 9.23. The summed E-state index contributed by atoms with van der Waals surface area (Å²) in [5.74, 6) is 0.864. The second-order valence-corrected chi connectivity index (χ2v) is 9.17. The summed E-state index contributed by atoms with van der Waals surface area (Å²) in [6.07, 6.45) is 5.18. The maximum atomic E-state index is 14.5. The molecule has 34 heavy (non-hydrogen) atoms. The van der Waals surface area contributed by atoms with Gasteiger partial charge in [0, 0.05) is 49.6 Å². The Labute approximate surface area is 197 Å². The minimum absolute atomic E-state index is 0.0286. The van der Waals surface area contributed by atoms with Crippen molar-refractivity contribution < 1.29 is 19.0 Å². The van der Waals surface area contributed by atoms with Crippen LogP contribution < -0.4 is 10.2 Å². The van der Waals surface area contributed by atoms with Gasteiger partial charge in [-0.1, -0.05) is 0 Å². The number of fused-ring (bicyclic) bond motifs is 1. The number of nitrogens with one attached hydrogen (secondary N) is 1. The summed E-state index contributed by atoms with van der Waals surface area (Å²) in [6.45, 7) is 4.40. The Balaban J connectivity index is 1.40. The smallest absolute Gasteiger partial charge is 0.165 e. The summed E-state index contributed by atoms with van der Waals surface area (Å²) in [5, 5.41) is 15.1. The van der Waals surface area contributed by atoms with Gasteiger partial charge in [-0.15, -0.1) is 0 Å². The summed E-state index contributed by atoms with van der Waals surface area (Å²) >= 11 is 0. The predicted octanol–water partition coefficient (Wildman–Crippen LogP) is 3.71. The van der Waals surface area contributed by atoms with Gasteiger partial charge in [0.15, 0.2) is 5.82 Å². The van der Waals surface area contributed by atoms with Crippen LogP contribution in [0, 0.1) is 11.7 Å². The molecule has 0 amide bonds. The van der Waals surface area contributed by atoms with Crippen molar-refractivity contribution in [1.82, 2.24) is 15.0 Å². The fourth-order valence-corrected chi connectivity index (χ4v) is 4.70. The average Bonchev–Trinajstić information content (AvgIpc) is 2.86. The molecule has 1 unspecified atom stereocenters. The normalized spacial score (nSPS) is 19.3. The Morgan fingerprint density at radius 1 is 1.15 bits per heavy atom. The molecule has 3 aromatic heterocycles. The zero-order valence-electron chi connectivity index (χ0n) is 19.1. The number of carbonyl (C=O) groups is 1. The average molecular weight is 466 g/mol. The van der Waals surface area contributed by atoms with Crippen LogP contribution in [0.2, 0.25) is 0 Å². The van der Waals surface area contributed by atoms with Crippen LogP contribution in [-0.4, -0.2) is 52.1 Å². The van der Waals surface area contributed by atoms with Crippen molar-refractivity contribution in [2.45, 2.75) is 38.2 Å². The van der Waals surface area contributed by atoms with Crippen molar-refractivity contribution in [1.29, 1.82) is 0 Å². The first-order valence-electron chi connectivity index (χ1n) is 11.7. The molecule has 9 heteroatoms. The lowest BCUT2D eigenvalue weighted by Crippen LogP contribution is -2.36. The number of nitrogens with zero attached hydrogens (tertiary/aromatic N) is 4. The molecule has 1 saturated carbocycles. The highest BCUT2D eigenvalue weighted by Gasteiger charge is 2.37. The molecule has 3 aromatic rings. The van der Waals surface area contributed by atoms with E-state index in [1.165, 1.54) is 6.20 Å². The SMILES string of the molecule is CC(O)(c1ccc2cnc(Nc3cc(N4CCOCC4)ncc3F)cc2n1)C1CCC(=O)CC1. The van der Waals surface area contributed by atoms with E-state index in [4.69, 9.17) is 9.72 Å².